The molecule has 0 bridgehead atoms. The van der Waals surface area contributed by atoms with Gasteiger partial charge in [-0.05, 0) is 73.9 Å². The summed E-state index contributed by atoms with van der Waals surface area (Å²) < 4.78 is 32.6. The van der Waals surface area contributed by atoms with Crippen molar-refractivity contribution in [1.29, 1.82) is 0 Å². The fourth-order valence-corrected chi connectivity index (χ4v) is 5.87. The second kappa shape index (κ2) is 8.40. The molecule has 2 aromatic rings. The van der Waals surface area contributed by atoms with Gasteiger partial charge in [0.25, 0.3) is 5.91 Å². The number of hydrogen-bond donors (Lipinski definition) is 1. The maximum absolute atomic E-state index is 13.0. The van der Waals surface area contributed by atoms with E-state index in [0.29, 0.717) is 18.8 Å². The zero-order chi connectivity index (χ0) is 21.3. The third kappa shape index (κ3) is 3.96. The Morgan fingerprint density at radius 3 is 2.50 bits per heavy atom. The van der Waals surface area contributed by atoms with Gasteiger partial charge in [-0.25, -0.2) is 8.42 Å². The van der Waals surface area contributed by atoms with Crippen LogP contribution in [0, 0.1) is 0 Å². The Labute approximate surface area is 178 Å². The number of methoxy groups -OCH3 is 1. The lowest BCUT2D eigenvalue weighted by Crippen LogP contribution is -2.29. The Bertz CT molecular complexity index is 1060. The van der Waals surface area contributed by atoms with E-state index in [0.717, 1.165) is 31.2 Å². The van der Waals surface area contributed by atoms with Crippen LogP contribution >= 0.6 is 0 Å². The molecule has 0 saturated carbocycles. The van der Waals surface area contributed by atoms with Gasteiger partial charge in [0.1, 0.15) is 5.75 Å². The number of hydrogen-bond acceptors (Lipinski definition) is 4. The maximum Gasteiger partial charge on any atom is 0.255 e. The van der Waals surface area contributed by atoms with E-state index in [2.05, 4.69) is 23.5 Å². The standard InChI is InChI=1S/C23H28N2O4S/c1-16(18-9-8-17-6-5-7-19(17)14-18)24-23(26)21-15-20(10-11-22(21)29-2)30(27,28)25-12-3-4-13-25/h8-11,14-16H,3-7,12-13H2,1-2H3,(H,24,26). The predicted octanol–water partition coefficient (Wildman–Crippen LogP) is 3.46. The molecule has 1 amide bonds. The highest BCUT2D eigenvalue weighted by Gasteiger charge is 2.29. The lowest BCUT2D eigenvalue weighted by Gasteiger charge is -2.19. The number of nitrogens with zero attached hydrogens (tertiary/aromatic N) is 1. The third-order valence-electron chi connectivity index (χ3n) is 6.09. The minimum Gasteiger partial charge on any atom is -0.496 e. The summed E-state index contributed by atoms with van der Waals surface area (Å²) in [6.45, 7) is 2.97. The molecule has 1 aliphatic carbocycles. The number of carbonyl (C=O) groups excluding carboxylic acids is 1. The summed E-state index contributed by atoms with van der Waals surface area (Å²) in [4.78, 5) is 13.2. The van der Waals surface area contributed by atoms with Gasteiger partial charge in [-0.2, -0.15) is 4.31 Å². The summed E-state index contributed by atoms with van der Waals surface area (Å²) in [6.07, 6.45) is 5.09. The van der Waals surface area contributed by atoms with Crippen LogP contribution in [0.2, 0.25) is 0 Å². The Hall–Kier alpha value is -2.38. The highest BCUT2D eigenvalue weighted by molar-refractivity contribution is 7.89. The van der Waals surface area contributed by atoms with E-state index in [1.54, 1.807) is 6.07 Å². The van der Waals surface area contributed by atoms with E-state index in [-0.39, 0.29) is 22.4 Å². The van der Waals surface area contributed by atoms with Gasteiger partial charge in [0.15, 0.2) is 0 Å². The van der Waals surface area contributed by atoms with E-state index >= 15 is 0 Å². The van der Waals surface area contributed by atoms with Gasteiger partial charge in [0, 0.05) is 13.1 Å². The molecule has 7 heteroatoms. The van der Waals surface area contributed by atoms with Gasteiger partial charge in [0.05, 0.1) is 23.6 Å². The molecule has 160 valence electrons. The van der Waals surface area contributed by atoms with Crippen molar-refractivity contribution in [2.45, 2.75) is 50.0 Å². The molecular formula is C23H28N2O4S. The van der Waals surface area contributed by atoms with Crippen molar-refractivity contribution in [3.63, 3.8) is 0 Å². The first-order valence-electron chi connectivity index (χ1n) is 10.5. The molecule has 1 unspecified atom stereocenters. The van der Waals surface area contributed by atoms with Crippen molar-refractivity contribution in [3.8, 4) is 5.75 Å². The van der Waals surface area contributed by atoms with E-state index < -0.39 is 10.0 Å². The molecular weight excluding hydrogens is 400 g/mol. The molecule has 1 atom stereocenters. The van der Waals surface area contributed by atoms with Crippen molar-refractivity contribution in [2.75, 3.05) is 20.2 Å². The van der Waals surface area contributed by atoms with Crippen molar-refractivity contribution in [2.24, 2.45) is 0 Å². The topological polar surface area (TPSA) is 75.7 Å². The van der Waals surface area contributed by atoms with Crippen LogP contribution in [0.5, 0.6) is 5.75 Å². The van der Waals surface area contributed by atoms with Crippen molar-refractivity contribution >= 4 is 15.9 Å². The van der Waals surface area contributed by atoms with E-state index in [9.17, 15) is 13.2 Å². The molecule has 1 heterocycles. The normalized spacial score (nSPS) is 17.5. The summed E-state index contributed by atoms with van der Waals surface area (Å²) in [5.74, 6) is 0.00680. The van der Waals surface area contributed by atoms with Crippen LogP contribution in [0.25, 0.3) is 0 Å². The minimum absolute atomic E-state index is 0.125. The van der Waals surface area contributed by atoms with Gasteiger partial charge in [0.2, 0.25) is 10.0 Å². The average Bonchev–Trinajstić information content (AvgIpc) is 3.44. The summed E-state index contributed by atoms with van der Waals surface area (Å²) in [7, 11) is -2.13. The molecule has 0 spiro atoms. The van der Waals surface area contributed by atoms with Crippen LogP contribution in [0.1, 0.15) is 59.3 Å². The van der Waals surface area contributed by atoms with E-state index in [1.165, 1.54) is 41.1 Å². The molecule has 2 aliphatic rings. The smallest absolute Gasteiger partial charge is 0.255 e. The molecule has 2 aromatic carbocycles. The zero-order valence-electron chi connectivity index (χ0n) is 17.5. The number of nitrogens with one attached hydrogen (secondary N) is 1. The lowest BCUT2D eigenvalue weighted by atomic mass is 10.0. The zero-order valence-corrected chi connectivity index (χ0v) is 18.3. The van der Waals surface area contributed by atoms with Crippen LogP contribution in [-0.4, -0.2) is 38.8 Å². The number of ether oxygens (including phenoxy) is 1. The first-order valence-corrected chi connectivity index (χ1v) is 11.9. The average molecular weight is 429 g/mol. The Balaban J connectivity index is 1.58. The van der Waals surface area contributed by atoms with Gasteiger partial charge in [-0.15, -0.1) is 0 Å². The van der Waals surface area contributed by atoms with Crippen molar-refractivity contribution in [3.05, 3.63) is 58.7 Å². The Morgan fingerprint density at radius 2 is 1.77 bits per heavy atom. The van der Waals surface area contributed by atoms with Gasteiger partial charge in [-0.3, -0.25) is 4.79 Å². The van der Waals surface area contributed by atoms with Gasteiger partial charge in [-0.1, -0.05) is 18.2 Å². The summed E-state index contributed by atoms with van der Waals surface area (Å²) >= 11 is 0. The number of amides is 1. The molecule has 0 radical (unpaired) electrons. The number of fused-ring (bicyclic) bond motifs is 1. The second-order valence-electron chi connectivity index (χ2n) is 8.05. The lowest BCUT2D eigenvalue weighted by molar-refractivity contribution is 0.0936. The van der Waals surface area contributed by atoms with Gasteiger partial charge < -0.3 is 10.1 Å². The third-order valence-corrected chi connectivity index (χ3v) is 7.98. The molecule has 30 heavy (non-hydrogen) atoms. The molecule has 1 saturated heterocycles. The fraction of sp³-hybridized carbons (Fsp3) is 0.435. The SMILES string of the molecule is COc1ccc(S(=O)(=O)N2CCCC2)cc1C(=O)NC(C)c1ccc2c(c1)CCC2. The summed E-state index contributed by atoms with van der Waals surface area (Å²) in [6, 6.07) is 10.7. The van der Waals surface area contributed by atoms with Crippen LogP contribution in [-0.2, 0) is 22.9 Å². The molecule has 1 N–H and O–H groups in total. The van der Waals surface area contributed by atoms with E-state index in [4.69, 9.17) is 4.74 Å². The van der Waals surface area contributed by atoms with Crippen LogP contribution in [0.3, 0.4) is 0 Å². The molecule has 6 nitrogen and oxygen atoms in total. The highest BCUT2D eigenvalue weighted by Crippen LogP contribution is 2.28. The second-order valence-corrected chi connectivity index (χ2v) is 9.99. The van der Waals surface area contributed by atoms with Crippen LogP contribution in [0.4, 0.5) is 0 Å². The predicted molar refractivity (Wildman–Crippen MR) is 115 cm³/mol. The number of sulfonamides is 1. The van der Waals surface area contributed by atoms with Crippen molar-refractivity contribution in [1.82, 2.24) is 9.62 Å². The summed E-state index contributed by atoms with van der Waals surface area (Å²) in [5, 5.41) is 3.00. The van der Waals surface area contributed by atoms with Gasteiger partial charge >= 0.3 is 0 Å². The molecule has 1 aliphatic heterocycles. The van der Waals surface area contributed by atoms with Crippen LogP contribution < -0.4 is 10.1 Å². The minimum atomic E-state index is -3.61. The number of carbonyl (C=O) groups is 1. The summed E-state index contributed by atoms with van der Waals surface area (Å²) in [5.41, 5.74) is 4.01. The van der Waals surface area contributed by atoms with E-state index in [1.807, 2.05) is 6.92 Å². The number of rotatable bonds is 6. The highest BCUT2D eigenvalue weighted by atomic mass is 32.2. The molecule has 4 rings (SSSR count). The first-order chi connectivity index (χ1) is 14.4. The fourth-order valence-electron chi connectivity index (χ4n) is 4.32. The first kappa shape index (κ1) is 20.9. The maximum atomic E-state index is 13.0. The largest absolute Gasteiger partial charge is 0.496 e. The van der Waals surface area contributed by atoms with Crippen LogP contribution in [0.15, 0.2) is 41.3 Å². The molecule has 1 fully saturated rings. The Morgan fingerprint density at radius 1 is 1.03 bits per heavy atom. The monoisotopic (exact) mass is 428 g/mol. The van der Waals surface area contributed by atoms with Crippen molar-refractivity contribution < 1.29 is 17.9 Å². The molecule has 0 aromatic heterocycles. The quantitative estimate of drug-likeness (QED) is 0.765. The Kier molecular flexibility index (Phi) is 5.84. The number of aryl methyl sites for hydroxylation is 2. The number of benzene rings is 2.